The van der Waals surface area contributed by atoms with E-state index in [2.05, 4.69) is 0 Å². The Balaban J connectivity index is 1.82. The second kappa shape index (κ2) is 9.87. The Bertz CT molecular complexity index is 1430. The van der Waals surface area contributed by atoms with Crippen molar-refractivity contribution in [2.75, 3.05) is 7.11 Å². The van der Waals surface area contributed by atoms with E-state index in [9.17, 15) is 14.0 Å². The van der Waals surface area contributed by atoms with E-state index in [1.807, 2.05) is 12.1 Å². The second-order valence-corrected chi connectivity index (χ2v) is 8.58. The molecule has 1 heterocycles. The van der Waals surface area contributed by atoms with Crippen molar-refractivity contribution in [3.8, 4) is 5.75 Å². The number of methoxy groups -OCH3 is 1. The molecule has 174 valence electrons. The van der Waals surface area contributed by atoms with Crippen LogP contribution in [0.5, 0.6) is 5.75 Å². The van der Waals surface area contributed by atoms with Gasteiger partial charge in [0.25, 0.3) is 0 Å². The van der Waals surface area contributed by atoms with Gasteiger partial charge in [-0.05, 0) is 48.4 Å². The summed E-state index contributed by atoms with van der Waals surface area (Å²) in [5, 5.41) is 1.19. The van der Waals surface area contributed by atoms with Crippen LogP contribution in [0.1, 0.15) is 27.2 Å². The van der Waals surface area contributed by atoms with Gasteiger partial charge in [-0.15, -0.1) is 0 Å². The summed E-state index contributed by atoms with van der Waals surface area (Å²) in [7, 11) is 1.35. The number of fused-ring (bicyclic) bond motifs is 1. The van der Waals surface area contributed by atoms with Gasteiger partial charge < -0.3 is 14.0 Å². The normalized spacial score (nSPS) is 11.0. The fourth-order valence-electron chi connectivity index (χ4n) is 3.74. The van der Waals surface area contributed by atoms with Crippen LogP contribution < -0.4 is 10.2 Å². The molecule has 1 aromatic heterocycles. The number of rotatable bonds is 6. The monoisotopic (exact) mass is 499 g/mol. The van der Waals surface area contributed by atoms with Crippen LogP contribution in [0.2, 0.25) is 10.0 Å². The summed E-state index contributed by atoms with van der Waals surface area (Å²) < 4.78 is 26.8. The van der Waals surface area contributed by atoms with Gasteiger partial charge in [0.2, 0.25) is 5.43 Å². The van der Waals surface area contributed by atoms with E-state index in [1.54, 1.807) is 47.9 Å². The molecule has 0 N–H and O–H groups in total. The molecule has 0 aliphatic carbocycles. The summed E-state index contributed by atoms with van der Waals surface area (Å²) in [4.78, 5) is 26.3. The van der Waals surface area contributed by atoms with E-state index in [0.29, 0.717) is 33.4 Å². The Morgan fingerprint density at radius 1 is 0.971 bits per heavy atom. The maximum Gasteiger partial charge on any atom is 0.344 e. The highest BCUT2D eigenvalue weighted by molar-refractivity contribution is 6.30. The molecule has 0 bridgehead atoms. The molecule has 3 aromatic carbocycles. The Labute approximate surface area is 205 Å². The summed E-state index contributed by atoms with van der Waals surface area (Å²) in [6, 6.07) is 16.5. The molecule has 34 heavy (non-hydrogen) atoms. The molecule has 4 aromatic rings. The van der Waals surface area contributed by atoms with Gasteiger partial charge in [0.1, 0.15) is 12.2 Å². The number of pyridine rings is 1. The van der Waals surface area contributed by atoms with Crippen LogP contribution in [-0.2, 0) is 17.9 Å². The van der Waals surface area contributed by atoms with Gasteiger partial charge in [0, 0.05) is 33.7 Å². The third-order valence-electron chi connectivity index (χ3n) is 5.54. The lowest BCUT2D eigenvalue weighted by molar-refractivity contribution is 0.0469. The number of ether oxygens (including phenoxy) is 2. The topological polar surface area (TPSA) is 57.5 Å². The SMILES string of the molecule is COc1cc2c(cc1F)c(=O)c(C(=O)OCc1ccc(Cl)cc1)c(C)n2Cc1ccc(Cl)cc1. The predicted octanol–water partition coefficient (Wildman–Crippen LogP) is 6.17. The summed E-state index contributed by atoms with van der Waals surface area (Å²) >= 11 is 11.9. The quantitative estimate of drug-likeness (QED) is 0.297. The summed E-state index contributed by atoms with van der Waals surface area (Å²) in [5.41, 5.74) is 1.66. The smallest absolute Gasteiger partial charge is 0.344 e. The lowest BCUT2D eigenvalue weighted by atomic mass is 10.1. The van der Waals surface area contributed by atoms with Crippen molar-refractivity contribution in [3.63, 3.8) is 0 Å². The standard InChI is InChI=1S/C26H20Cl2FNO4/c1-15-24(26(32)34-14-17-5-9-19(28)10-6-17)25(31)20-11-21(29)23(33-2)12-22(20)30(15)13-16-3-7-18(27)8-4-16/h3-12H,13-14H2,1-2H3. The van der Waals surface area contributed by atoms with Crippen molar-refractivity contribution >= 4 is 40.1 Å². The highest BCUT2D eigenvalue weighted by Crippen LogP contribution is 2.26. The van der Waals surface area contributed by atoms with Crippen LogP contribution in [0.4, 0.5) is 4.39 Å². The van der Waals surface area contributed by atoms with E-state index in [4.69, 9.17) is 32.7 Å². The van der Waals surface area contributed by atoms with Gasteiger partial charge in [-0.3, -0.25) is 4.79 Å². The Kier molecular flexibility index (Phi) is 6.91. The molecule has 0 radical (unpaired) electrons. The predicted molar refractivity (Wildman–Crippen MR) is 131 cm³/mol. The maximum absolute atomic E-state index is 14.5. The fourth-order valence-corrected chi connectivity index (χ4v) is 3.99. The first-order chi connectivity index (χ1) is 16.3. The van der Waals surface area contributed by atoms with Crippen molar-refractivity contribution in [2.24, 2.45) is 0 Å². The minimum atomic E-state index is -0.791. The largest absolute Gasteiger partial charge is 0.494 e. The number of nitrogens with zero attached hydrogens (tertiary/aromatic N) is 1. The minimum absolute atomic E-state index is 0.00535. The summed E-state index contributed by atoms with van der Waals surface area (Å²) in [6.45, 7) is 1.93. The van der Waals surface area contributed by atoms with Gasteiger partial charge >= 0.3 is 5.97 Å². The van der Waals surface area contributed by atoms with Gasteiger partial charge in [-0.25, -0.2) is 9.18 Å². The highest BCUT2D eigenvalue weighted by atomic mass is 35.5. The average molecular weight is 500 g/mol. The Morgan fingerprint density at radius 3 is 2.15 bits per heavy atom. The first-order valence-corrected chi connectivity index (χ1v) is 11.1. The van der Waals surface area contributed by atoms with Gasteiger partial charge in [0.05, 0.1) is 12.6 Å². The zero-order chi connectivity index (χ0) is 24.4. The zero-order valence-corrected chi connectivity index (χ0v) is 19.9. The number of esters is 1. The van der Waals surface area contributed by atoms with E-state index in [-0.39, 0.29) is 23.3 Å². The molecule has 0 amide bonds. The third kappa shape index (κ3) is 4.79. The molecule has 0 atom stereocenters. The maximum atomic E-state index is 14.5. The van der Waals surface area contributed by atoms with Gasteiger partial charge in [-0.2, -0.15) is 0 Å². The van der Waals surface area contributed by atoms with E-state index in [1.165, 1.54) is 13.2 Å². The average Bonchev–Trinajstić information content (AvgIpc) is 2.82. The van der Waals surface area contributed by atoms with Crippen LogP contribution in [0.15, 0.2) is 65.5 Å². The van der Waals surface area contributed by atoms with Gasteiger partial charge in [0.15, 0.2) is 11.6 Å². The minimum Gasteiger partial charge on any atom is -0.494 e. The molecule has 4 rings (SSSR count). The van der Waals surface area contributed by atoms with Crippen LogP contribution in [0.3, 0.4) is 0 Å². The molecule has 8 heteroatoms. The van der Waals surface area contributed by atoms with Crippen LogP contribution in [0.25, 0.3) is 10.9 Å². The number of hydrogen-bond donors (Lipinski definition) is 0. The summed E-state index contributed by atoms with van der Waals surface area (Å²) in [5.74, 6) is -1.50. The highest BCUT2D eigenvalue weighted by Gasteiger charge is 2.23. The van der Waals surface area contributed by atoms with Crippen molar-refractivity contribution in [2.45, 2.75) is 20.1 Å². The fraction of sp³-hybridized carbons (Fsp3) is 0.154. The molecule has 5 nitrogen and oxygen atoms in total. The number of carbonyl (C=O) groups is 1. The molecule has 0 spiro atoms. The van der Waals surface area contributed by atoms with Crippen LogP contribution >= 0.6 is 23.2 Å². The van der Waals surface area contributed by atoms with Crippen LogP contribution in [0, 0.1) is 12.7 Å². The lowest BCUT2D eigenvalue weighted by Gasteiger charge is -2.19. The molecular formula is C26H20Cl2FNO4. The summed E-state index contributed by atoms with van der Waals surface area (Å²) in [6.07, 6.45) is 0. The Morgan fingerprint density at radius 2 is 1.56 bits per heavy atom. The number of hydrogen-bond acceptors (Lipinski definition) is 4. The molecule has 0 aliphatic rings. The molecule has 0 saturated heterocycles. The van der Waals surface area contributed by atoms with Crippen molar-refractivity contribution in [3.05, 3.63) is 109 Å². The third-order valence-corrected chi connectivity index (χ3v) is 6.04. The van der Waals surface area contributed by atoms with Gasteiger partial charge in [-0.1, -0.05) is 47.5 Å². The van der Waals surface area contributed by atoms with Crippen molar-refractivity contribution in [1.29, 1.82) is 0 Å². The van der Waals surface area contributed by atoms with Crippen molar-refractivity contribution < 1.29 is 18.7 Å². The lowest BCUT2D eigenvalue weighted by Crippen LogP contribution is -2.25. The second-order valence-electron chi connectivity index (χ2n) is 7.71. The molecule has 0 fully saturated rings. The molecular weight excluding hydrogens is 480 g/mol. The number of carbonyl (C=O) groups excluding carboxylic acids is 1. The van der Waals surface area contributed by atoms with E-state index >= 15 is 0 Å². The zero-order valence-electron chi connectivity index (χ0n) is 18.4. The van der Waals surface area contributed by atoms with Crippen LogP contribution in [-0.4, -0.2) is 17.6 Å². The van der Waals surface area contributed by atoms with E-state index in [0.717, 1.165) is 11.6 Å². The van der Waals surface area contributed by atoms with E-state index < -0.39 is 17.2 Å². The molecule has 0 aliphatic heterocycles. The number of halogens is 3. The first kappa shape index (κ1) is 23.8. The number of benzene rings is 3. The number of aromatic nitrogens is 1. The first-order valence-electron chi connectivity index (χ1n) is 10.3. The Hall–Kier alpha value is -3.35. The molecule has 0 saturated carbocycles. The molecule has 0 unspecified atom stereocenters. The van der Waals surface area contributed by atoms with Crippen molar-refractivity contribution in [1.82, 2.24) is 4.57 Å².